The Labute approximate surface area is 247 Å². The van der Waals surface area contributed by atoms with Crippen LogP contribution in [0.5, 0.6) is 0 Å². The second kappa shape index (κ2) is 9.74. The van der Waals surface area contributed by atoms with Gasteiger partial charge in [-0.1, -0.05) is 67.0 Å². The summed E-state index contributed by atoms with van der Waals surface area (Å²) in [7, 11) is -3.95. The first kappa shape index (κ1) is 31.4. The molecule has 4 aliphatic carbocycles. The molecule has 0 bridgehead atoms. The van der Waals surface area contributed by atoms with Crippen molar-refractivity contribution in [1.29, 1.82) is 0 Å². The van der Waals surface area contributed by atoms with Crippen molar-refractivity contribution < 1.29 is 23.4 Å². The molecule has 0 unspecified atom stereocenters. The minimum Gasteiger partial charge on any atom is -0.414 e. The SMILES string of the molecule is CC(C)(C)[Si](C)(C)O[C@H]1CC[C@@]2(C)C(=C[C@H](O)[C@@H]3[C@@H]2[C@@H](O[Si](C)(C)C(C)(C)C)C[C@@]2(C)[C@H]3CCC23OCCO3)C1. The van der Waals surface area contributed by atoms with Crippen LogP contribution in [0.1, 0.15) is 93.9 Å². The van der Waals surface area contributed by atoms with Gasteiger partial charge in [0.05, 0.1) is 19.3 Å². The first-order chi connectivity index (χ1) is 18.2. The van der Waals surface area contributed by atoms with Crippen LogP contribution in [0.4, 0.5) is 0 Å². The van der Waals surface area contributed by atoms with Crippen molar-refractivity contribution in [2.24, 2.45) is 28.6 Å². The lowest BCUT2D eigenvalue weighted by atomic mass is 9.46. The van der Waals surface area contributed by atoms with Crippen LogP contribution in [0.2, 0.25) is 36.3 Å². The molecule has 5 rings (SSSR count). The van der Waals surface area contributed by atoms with Gasteiger partial charge in [0.2, 0.25) is 0 Å². The molecule has 7 heteroatoms. The summed E-state index contributed by atoms with van der Waals surface area (Å²) < 4.78 is 27.4. The first-order valence-electron chi connectivity index (χ1n) is 16.2. The quantitative estimate of drug-likeness (QED) is 0.264. The van der Waals surface area contributed by atoms with Gasteiger partial charge in [-0.15, -0.1) is 0 Å². The number of fused-ring (bicyclic) bond motifs is 6. The van der Waals surface area contributed by atoms with E-state index in [0.29, 0.717) is 25.0 Å². The van der Waals surface area contributed by atoms with Gasteiger partial charge < -0.3 is 23.4 Å². The third kappa shape index (κ3) is 4.71. The van der Waals surface area contributed by atoms with Gasteiger partial charge in [-0.2, -0.15) is 0 Å². The highest BCUT2D eigenvalue weighted by Crippen LogP contribution is 2.69. The van der Waals surface area contributed by atoms with Gasteiger partial charge in [0.15, 0.2) is 22.4 Å². The summed E-state index contributed by atoms with van der Waals surface area (Å²) >= 11 is 0. The van der Waals surface area contributed by atoms with E-state index < -0.39 is 28.5 Å². The van der Waals surface area contributed by atoms with Crippen LogP contribution >= 0.6 is 0 Å². The van der Waals surface area contributed by atoms with Crippen LogP contribution in [0.15, 0.2) is 11.6 Å². The van der Waals surface area contributed by atoms with Crippen molar-refractivity contribution in [2.75, 3.05) is 13.2 Å². The summed E-state index contributed by atoms with van der Waals surface area (Å²) in [6, 6.07) is 0. The Balaban J connectivity index is 1.53. The average molecular weight is 593 g/mol. The summed E-state index contributed by atoms with van der Waals surface area (Å²) in [5.41, 5.74) is 1.27. The van der Waals surface area contributed by atoms with E-state index in [9.17, 15) is 5.11 Å². The molecule has 5 aliphatic rings. The maximum absolute atomic E-state index is 12.0. The molecule has 4 fully saturated rings. The molecule has 5 nitrogen and oxygen atoms in total. The molecule has 40 heavy (non-hydrogen) atoms. The van der Waals surface area contributed by atoms with E-state index in [-0.39, 0.29) is 39.0 Å². The molecule has 230 valence electrons. The Morgan fingerprint density at radius 3 is 2.02 bits per heavy atom. The highest BCUT2D eigenvalue weighted by molar-refractivity contribution is 6.74. The Bertz CT molecular complexity index is 1000. The van der Waals surface area contributed by atoms with E-state index in [4.69, 9.17) is 18.3 Å². The van der Waals surface area contributed by atoms with E-state index in [1.165, 1.54) is 5.57 Å². The van der Waals surface area contributed by atoms with E-state index >= 15 is 0 Å². The van der Waals surface area contributed by atoms with Crippen molar-refractivity contribution in [3.8, 4) is 0 Å². The second-order valence-electron chi connectivity index (χ2n) is 17.6. The first-order valence-corrected chi connectivity index (χ1v) is 22.0. The predicted molar refractivity (Wildman–Crippen MR) is 167 cm³/mol. The van der Waals surface area contributed by atoms with Crippen molar-refractivity contribution in [1.82, 2.24) is 0 Å². The lowest BCUT2D eigenvalue weighted by Gasteiger charge is -2.63. The summed E-state index contributed by atoms with van der Waals surface area (Å²) in [4.78, 5) is 0. The number of aliphatic hydroxyl groups is 1. The van der Waals surface area contributed by atoms with E-state index in [1.54, 1.807) is 0 Å². The fourth-order valence-electron chi connectivity index (χ4n) is 8.94. The average Bonchev–Trinajstić information content (AvgIpc) is 3.38. The Hall–Kier alpha value is -0.0262. The van der Waals surface area contributed by atoms with Crippen LogP contribution in [0.3, 0.4) is 0 Å². The standard InChI is InChI=1S/C33H60O5Si2/c1-29(2,3)39(9,10)37-23-13-15-31(7)22(19-23)20-25(34)27-24-14-16-33(35-17-18-36-33)32(24,8)21-26(28(27)31)38-40(11,12)30(4,5)6/h20,23-28,34H,13-19,21H2,1-12H3/t23-,24-,25-,26-,27+,28-,31-,32-/m0/s1. The molecule has 0 aromatic rings. The van der Waals surface area contributed by atoms with E-state index in [1.807, 2.05) is 0 Å². The Morgan fingerprint density at radius 1 is 0.875 bits per heavy atom. The van der Waals surface area contributed by atoms with Crippen molar-refractivity contribution in [2.45, 2.75) is 154 Å². The summed E-state index contributed by atoms with van der Waals surface area (Å²) in [5, 5.41) is 12.4. The van der Waals surface area contributed by atoms with Gasteiger partial charge in [-0.25, -0.2) is 0 Å². The predicted octanol–water partition coefficient (Wildman–Crippen LogP) is 8.05. The van der Waals surface area contributed by atoms with E-state index in [0.717, 1.165) is 38.5 Å². The zero-order chi connectivity index (χ0) is 29.7. The summed E-state index contributed by atoms with van der Waals surface area (Å²) in [6.45, 7) is 29.8. The topological polar surface area (TPSA) is 57.2 Å². The second-order valence-corrected chi connectivity index (χ2v) is 27.1. The number of aliphatic hydroxyl groups excluding tert-OH is 1. The van der Waals surface area contributed by atoms with Crippen molar-refractivity contribution in [3.05, 3.63) is 11.6 Å². The van der Waals surface area contributed by atoms with Crippen molar-refractivity contribution >= 4 is 16.6 Å². The summed E-state index contributed by atoms with van der Waals surface area (Å²) in [5.74, 6) is 0.282. The van der Waals surface area contributed by atoms with E-state index in [2.05, 4.69) is 87.7 Å². The van der Waals surface area contributed by atoms with Gasteiger partial charge in [-0.05, 0) is 91.5 Å². The highest BCUT2D eigenvalue weighted by Gasteiger charge is 2.70. The minimum absolute atomic E-state index is 0.0126. The molecule has 0 amide bonds. The molecule has 1 spiro atoms. The lowest BCUT2D eigenvalue weighted by molar-refractivity contribution is -0.260. The maximum Gasteiger partial charge on any atom is 0.192 e. The van der Waals surface area contributed by atoms with Crippen LogP contribution in [0, 0.1) is 28.6 Å². The number of rotatable bonds is 4. The summed E-state index contributed by atoms with van der Waals surface area (Å²) in [6.07, 6.45) is 8.17. The Kier molecular flexibility index (Phi) is 7.64. The third-order valence-electron chi connectivity index (χ3n) is 13.3. The van der Waals surface area contributed by atoms with Crippen LogP contribution in [-0.4, -0.2) is 59.1 Å². The molecule has 3 saturated carbocycles. The smallest absolute Gasteiger partial charge is 0.192 e. The fourth-order valence-corrected chi connectivity index (χ4v) is 11.7. The maximum atomic E-state index is 12.0. The molecule has 8 atom stereocenters. The van der Waals surface area contributed by atoms with Gasteiger partial charge >= 0.3 is 0 Å². The molecule has 1 saturated heterocycles. The van der Waals surface area contributed by atoms with Gasteiger partial charge in [-0.3, -0.25) is 0 Å². The Morgan fingerprint density at radius 2 is 1.45 bits per heavy atom. The normalized spacial score (nSPS) is 41.9. The molecule has 0 radical (unpaired) electrons. The largest absolute Gasteiger partial charge is 0.414 e. The molecular formula is C33H60O5Si2. The van der Waals surface area contributed by atoms with Gasteiger partial charge in [0, 0.05) is 24.0 Å². The van der Waals surface area contributed by atoms with Crippen LogP contribution in [0.25, 0.3) is 0 Å². The molecule has 0 aromatic carbocycles. The zero-order valence-corrected chi connectivity index (χ0v) is 29.8. The van der Waals surface area contributed by atoms with Gasteiger partial charge in [0.1, 0.15) is 0 Å². The van der Waals surface area contributed by atoms with Crippen molar-refractivity contribution in [3.63, 3.8) is 0 Å². The molecule has 1 N–H and O–H groups in total. The minimum atomic E-state index is -2.08. The molecular weight excluding hydrogens is 533 g/mol. The number of hydrogen-bond donors (Lipinski definition) is 1. The lowest BCUT2D eigenvalue weighted by Crippen LogP contribution is -2.64. The monoisotopic (exact) mass is 592 g/mol. The van der Waals surface area contributed by atoms with Crippen LogP contribution in [-0.2, 0) is 18.3 Å². The zero-order valence-electron chi connectivity index (χ0n) is 27.8. The van der Waals surface area contributed by atoms with Gasteiger partial charge in [0.25, 0.3) is 0 Å². The molecule has 1 aliphatic heterocycles. The molecule has 0 aromatic heterocycles. The fraction of sp³-hybridized carbons (Fsp3) is 0.939. The van der Waals surface area contributed by atoms with Crippen LogP contribution < -0.4 is 0 Å². The molecule has 1 heterocycles. The number of hydrogen-bond acceptors (Lipinski definition) is 5. The third-order valence-corrected chi connectivity index (χ3v) is 22.4. The number of ether oxygens (including phenoxy) is 2. The highest BCUT2D eigenvalue weighted by atomic mass is 28.4.